The van der Waals surface area contributed by atoms with Gasteiger partial charge in [-0.3, -0.25) is 4.90 Å². The molecule has 2 N–H and O–H groups in total. The number of aryl methyl sites for hydroxylation is 1. The van der Waals surface area contributed by atoms with Gasteiger partial charge in [-0.15, -0.1) is 0 Å². The van der Waals surface area contributed by atoms with Gasteiger partial charge in [0.05, 0.1) is 6.04 Å². The van der Waals surface area contributed by atoms with Gasteiger partial charge < -0.3 is 5.73 Å². The fourth-order valence-corrected chi connectivity index (χ4v) is 2.62. The van der Waals surface area contributed by atoms with Gasteiger partial charge in [-0.25, -0.2) is 0 Å². The van der Waals surface area contributed by atoms with E-state index in [9.17, 15) is 0 Å². The number of hydrogen-bond donors (Lipinski definition) is 1. The summed E-state index contributed by atoms with van der Waals surface area (Å²) in [7, 11) is 4.22. The van der Waals surface area contributed by atoms with Gasteiger partial charge in [0, 0.05) is 5.69 Å². The van der Waals surface area contributed by atoms with Crippen LogP contribution < -0.4 is 5.73 Å². The van der Waals surface area contributed by atoms with Crippen LogP contribution in [0.15, 0.2) is 48.5 Å². The molecule has 2 nitrogen and oxygen atoms in total. The Morgan fingerprint density at radius 2 is 1.40 bits per heavy atom. The second-order valence-corrected chi connectivity index (χ2v) is 5.52. The van der Waals surface area contributed by atoms with Gasteiger partial charge in [0.1, 0.15) is 0 Å². The van der Waals surface area contributed by atoms with Crippen LogP contribution in [-0.2, 0) is 6.42 Å². The summed E-state index contributed by atoms with van der Waals surface area (Å²) in [5.74, 6) is 0. The summed E-state index contributed by atoms with van der Waals surface area (Å²) >= 11 is 0. The Kier molecular flexibility index (Phi) is 4.80. The second kappa shape index (κ2) is 6.58. The zero-order valence-electron chi connectivity index (χ0n) is 12.6. The van der Waals surface area contributed by atoms with Crippen LogP contribution in [0.2, 0.25) is 0 Å². The van der Waals surface area contributed by atoms with E-state index in [4.69, 9.17) is 5.73 Å². The highest BCUT2D eigenvalue weighted by molar-refractivity contribution is 5.42. The van der Waals surface area contributed by atoms with Gasteiger partial charge in [0.15, 0.2) is 0 Å². The molecule has 0 aliphatic rings. The van der Waals surface area contributed by atoms with Crippen LogP contribution in [0.4, 0.5) is 5.69 Å². The minimum atomic E-state index is 0.270. The van der Waals surface area contributed by atoms with Gasteiger partial charge in [-0.05, 0) is 49.3 Å². The lowest BCUT2D eigenvalue weighted by Crippen LogP contribution is -2.21. The van der Waals surface area contributed by atoms with Crippen molar-refractivity contribution in [2.24, 2.45) is 0 Å². The summed E-state index contributed by atoms with van der Waals surface area (Å²) in [5.41, 5.74) is 10.6. The number of nitrogen functional groups attached to an aromatic ring is 1. The maximum Gasteiger partial charge on any atom is 0.0596 e. The summed E-state index contributed by atoms with van der Waals surface area (Å²) in [6, 6.07) is 17.4. The molecule has 0 aliphatic heterocycles. The summed E-state index contributed by atoms with van der Waals surface area (Å²) in [6.07, 6.45) is 2.34. The van der Waals surface area contributed by atoms with Crippen molar-refractivity contribution < 1.29 is 0 Å². The van der Waals surface area contributed by atoms with E-state index in [0.29, 0.717) is 0 Å². The quantitative estimate of drug-likeness (QED) is 0.834. The summed E-state index contributed by atoms with van der Waals surface area (Å²) in [5, 5.41) is 0. The number of benzene rings is 2. The van der Waals surface area contributed by atoms with E-state index >= 15 is 0 Å². The lowest BCUT2D eigenvalue weighted by molar-refractivity contribution is 0.342. The standard InChI is InChI=1S/C18H24N2/c1-4-5-14-6-8-15(9-7-14)18(20(2)3)16-10-12-17(19)13-11-16/h6-13,18H,4-5,19H2,1-3H3. The molecule has 0 saturated carbocycles. The molecule has 1 unspecified atom stereocenters. The lowest BCUT2D eigenvalue weighted by Gasteiger charge is -2.25. The zero-order valence-corrected chi connectivity index (χ0v) is 12.6. The molecule has 0 spiro atoms. The highest BCUT2D eigenvalue weighted by Gasteiger charge is 2.16. The topological polar surface area (TPSA) is 29.3 Å². The van der Waals surface area contributed by atoms with Crippen LogP contribution >= 0.6 is 0 Å². The predicted molar refractivity (Wildman–Crippen MR) is 86.8 cm³/mol. The van der Waals surface area contributed by atoms with E-state index in [1.165, 1.54) is 23.1 Å². The van der Waals surface area contributed by atoms with Crippen molar-refractivity contribution in [3.05, 3.63) is 65.2 Å². The molecule has 0 radical (unpaired) electrons. The number of rotatable bonds is 5. The van der Waals surface area contributed by atoms with Crippen molar-refractivity contribution in [1.29, 1.82) is 0 Å². The molecular formula is C18H24N2. The average molecular weight is 268 g/mol. The molecule has 0 aromatic heterocycles. The maximum atomic E-state index is 5.78. The van der Waals surface area contributed by atoms with Crippen molar-refractivity contribution >= 4 is 5.69 Å². The molecule has 0 heterocycles. The highest BCUT2D eigenvalue weighted by Crippen LogP contribution is 2.27. The first-order valence-corrected chi connectivity index (χ1v) is 7.22. The monoisotopic (exact) mass is 268 g/mol. The maximum absolute atomic E-state index is 5.78. The predicted octanol–water partition coefficient (Wildman–Crippen LogP) is 3.87. The first-order chi connectivity index (χ1) is 9.61. The third-order valence-corrected chi connectivity index (χ3v) is 3.60. The Bertz CT molecular complexity index is 526. The largest absolute Gasteiger partial charge is 0.399 e. The molecule has 0 saturated heterocycles. The third-order valence-electron chi connectivity index (χ3n) is 3.60. The summed E-state index contributed by atoms with van der Waals surface area (Å²) in [6.45, 7) is 2.21. The highest BCUT2D eigenvalue weighted by atomic mass is 15.1. The van der Waals surface area contributed by atoms with Gasteiger partial charge in [-0.1, -0.05) is 49.7 Å². The molecule has 0 aliphatic carbocycles. The van der Waals surface area contributed by atoms with Gasteiger partial charge in [0.2, 0.25) is 0 Å². The molecule has 0 fully saturated rings. The molecular weight excluding hydrogens is 244 g/mol. The Morgan fingerprint density at radius 3 is 1.85 bits per heavy atom. The molecule has 1 atom stereocenters. The Labute approximate surface area is 122 Å². The van der Waals surface area contributed by atoms with Gasteiger partial charge in [-0.2, -0.15) is 0 Å². The molecule has 2 rings (SSSR count). The molecule has 2 aromatic carbocycles. The van der Waals surface area contributed by atoms with E-state index in [1.807, 2.05) is 12.1 Å². The molecule has 0 bridgehead atoms. The van der Waals surface area contributed by atoms with Crippen molar-refractivity contribution in [1.82, 2.24) is 4.90 Å². The Morgan fingerprint density at radius 1 is 0.900 bits per heavy atom. The van der Waals surface area contributed by atoms with Crippen molar-refractivity contribution in [3.63, 3.8) is 0 Å². The Hall–Kier alpha value is -1.80. The molecule has 2 aromatic rings. The summed E-state index contributed by atoms with van der Waals surface area (Å²) in [4.78, 5) is 2.24. The minimum absolute atomic E-state index is 0.270. The number of nitrogens with two attached hydrogens (primary N) is 1. The van der Waals surface area contributed by atoms with Gasteiger partial charge in [0.25, 0.3) is 0 Å². The normalized spacial score (nSPS) is 12.6. The van der Waals surface area contributed by atoms with Crippen LogP contribution in [0.25, 0.3) is 0 Å². The first kappa shape index (κ1) is 14.6. The van der Waals surface area contributed by atoms with E-state index in [0.717, 1.165) is 12.1 Å². The van der Waals surface area contributed by atoms with Crippen LogP contribution in [0.1, 0.15) is 36.1 Å². The van der Waals surface area contributed by atoms with Crippen molar-refractivity contribution in [3.8, 4) is 0 Å². The second-order valence-electron chi connectivity index (χ2n) is 5.52. The van der Waals surface area contributed by atoms with E-state index in [1.54, 1.807) is 0 Å². The number of hydrogen-bond acceptors (Lipinski definition) is 2. The van der Waals surface area contributed by atoms with Crippen LogP contribution in [0, 0.1) is 0 Å². The van der Waals surface area contributed by atoms with Crippen LogP contribution in [0.5, 0.6) is 0 Å². The van der Waals surface area contributed by atoms with Crippen LogP contribution in [-0.4, -0.2) is 19.0 Å². The number of anilines is 1. The van der Waals surface area contributed by atoms with E-state index in [2.05, 4.69) is 62.3 Å². The van der Waals surface area contributed by atoms with E-state index in [-0.39, 0.29) is 6.04 Å². The molecule has 2 heteroatoms. The molecule has 0 amide bonds. The fourth-order valence-electron chi connectivity index (χ4n) is 2.62. The zero-order chi connectivity index (χ0) is 14.5. The van der Waals surface area contributed by atoms with E-state index < -0.39 is 0 Å². The minimum Gasteiger partial charge on any atom is -0.399 e. The van der Waals surface area contributed by atoms with Crippen molar-refractivity contribution in [2.75, 3.05) is 19.8 Å². The van der Waals surface area contributed by atoms with Gasteiger partial charge >= 0.3 is 0 Å². The average Bonchev–Trinajstić information content (AvgIpc) is 2.43. The summed E-state index contributed by atoms with van der Waals surface area (Å²) < 4.78 is 0. The Balaban J connectivity index is 2.30. The molecule has 20 heavy (non-hydrogen) atoms. The smallest absolute Gasteiger partial charge is 0.0596 e. The van der Waals surface area contributed by atoms with Crippen molar-refractivity contribution in [2.45, 2.75) is 25.8 Å². The lowest BCUT2D eigenvalue weighted by atomic mass is 9.96. The SMILES string of the molecule is CCCc1ccc(C(c2ccc(N)cc2)N(C)C)cc1. The third kappa shape index (κ3) is 3.40. The first-order valence-electron chi connectivity index (χ1n) is 7.22. The van der Waals surface area contributed by atoms with Crippen LogP contribution in [0.3, 0.4) is 0 Å². The number of nitrogens with zero attached hydrogens (tertiary/aromatic N) is 1. The molecule has 106 valence electrons. The fraction of sp³-hybridized carbons (Fsp3) is 0.333.